The smallest absolute Gasteiger partial charge is 0.303 e. The fraction of sp³-hybridized carbons (Fsp3) is 0.519. The summed E-state index contributed by atoms with van der Waals surface area (Å²) in [5, 5.41) is 9.08. The molecule has 2 aromatic carbocycles. The zero-order valence-electron chi connectivity index (χ0n) is 18.4. The van der Waals surface area contributed by atoms with Crippen LogP contribution in [0.3, 0.4) is 0 Å². The molecule has 0 atom stereocenters. The van der Waals surface area contributed by atoms with Crippen molar-refractivity contribution >= 4 is 5.97 Å². The van der Waals surface area contributed by atoms with Gasteiger partial charge in [0, 0.05) is 6.42 Å². The number of methoxy groups -OCH3 is 1. The number of aryl methyl sites for hydroxylation is 2. The van der Waals surface area contributed by atoms with E-state index in [1.54, 1.807) is 13.2 Å². The summed E-state index contributed by atoms with van der Waals surface area (Å²) in [5.41, 5.74) is 4.90. The molecule has 2 saturated carbocycles. The summed E-state index contributed by atoms with van der Waals surface area (Å²) in [7, 11) is 1.63. The van der Waals surface area contributed by atoms with Gasteiger partial charge in [0.05, 0.1) is 7.11 Å². The number of hydrogen-bond donors (Lipinski definition) is 1. The zero-order valence-corrected chi connectivity index (χ0v) is 18.4. The van der Waals surface area contributed by atoms with Crippen molar-refractivity contribution in [2.24, 2.45) is 5.92 Å². The van der Waals surface area contributed by atoms with Crippen LogP contribution in [0.5, 0.6) is 5.75 Å². The lowest BCUT2D eigenvalue weighted by molar-refractivity contribution is -0.136. The molecule has 2 aliphatic carbocycles. The molecule has 0 bridgehead atoms. The number of halogens is 1. The number of benzene rings is 2. The van der Waals surface area contributed by atoms with Gasteiger partial charge in [-0.3, -0.25) is 4.79 Å². The van der Waals surface area contributed by atoms with Crippen molar-refractivity contribution in [3.8, 4) is 5.75 Å². The van der Waals surface area contributed by atoms with Gasteiger partial charge in [-0.25, -0.2) is 4.39 Å². The minimum absolute atomic E-state index is 0.114. The molecule has 0 spiro atoms. The quantitative estimate of drug-likeness (QED) is 0.491. The SMILES string of the molecule is COc1ccc(F)c(C2CCC(CCc3cccc(CCC(=O)O)c3C3CC3)CC2)c1. The molecule has 2 aliphatic rings. The Hall–Kier alpha value is -2.36. The van der Waals surface area contributed by atoms with Crippen LogP contribution in [0, 0.1) is 11.7 Å². The van der Waals surface area contributed by atoms with E-state index < -0.39 is 5.97 Å². The number of rotatable bonds is 9. The number of ether oxygens (including phenoxy) is 1. The monoisotopic (exact) mass is 424 g/mol. The van der Waals surface area contributed by atoms with Gasteiger partial charge < -0.3 is 9.84 Å². The lowest BCUT2D eigenvalue weighted by Crippen LogP contribution is -2.15. The second kappa shape index (κ2) is 9.84. The van der Waals surface area contributed by atoms with Gasteiger partial charge in [-0.15, -0.1) is 0 Å². The van der Waals surface area contributed by atoms with E-state index in [-0.39, 0.29) is 18.2 Å². The van der Waals surface area contributed by atoms with E-state index in [9.17, 15) is 9.18 Å². The molecule has 166 valence electrons. The van der Waals surface area contributed by atoms with Crippen LogP contribution in [0.2, 0.25) is 0 Å². The van der Waals surface area contributed by atoms with Crippen LogP contribution in [0.25, 0.3) is 0 Å². The molecule has 0 radical (unpaired) electrons. The highest BCUT2D eigenvalue weighted by Crippen LogP contribution is 2.45. The number of aliphatic carboxylic acids is 1. The molecule has 2 fully saturated rings. The minimum Gasteiger partial charge on any atom is -0.497 e. The summed E-state index contributed by atoms with van der Waals surface area (Å²) >= 11 is 0. The van der Waals surface area contributed by atoms with E-state index in [2.05, 4.69) is 18.2 Å². The highest BCUT2D eigenvalue weighted by Gasteiger charge is 2.29. The maximum absolute atomic E-state index is 14.3. The largest absolute Gasteiger partial charge is 0.497 e. The second-order valence-corrected chi connectivity index (χ2v) is 9.30. The predicted octanol–water partition coefficient (Wildman–Crippen LogP) is 6.64. The van der Waals surface area contributed by atoms with Gasteiger partial charge in [0.25, 0.3) is 0 Å². The Labute approximate surface area is 184 Å². The summed E-state index contributed by atoms with van der Waals surface area (Å²) in [6, 6.07) is 11.5. The summed E-state index contributed by atoms with van der Waals surface area (Å²) in [6.45, 7) is 0. The molecule has 4 heteroatoms. The van der Waals surface area contributed by atoms with Crippen LogP contribution in [0.1, 0.15) is 85.5 Å². The van der Waals surface area contributed by atoms with Gasteiger partial charge in [0.1, 0.15) is 11.6 Å². The lowest BCUT2D eigenvalue weighted by Gasteiger charge is -2.29. The standard InChI is InChI=1S/C27H33FO3/c1-31-23-14-15-25(28)24(17-23)19-8-5-18(6-9-19)7-10-20-3-2-4-21(13-16-26(29)30)27(20)22-11-12-22/h2-4,14-15,17-19,22H,5-13,16H2,1H3,(H,29,30). The van der Waals surface area contributed by atoms with E-state index in [0.29, 0.717) is 18.3 Å². The second-order valence-electron chi connectivity index (χ2n) is 9.30. The first-order valence-electron chi connectivity index (χ1n) is 11.7. The first kappa shape index (κ1) is 21.9. The Morgan fingerprint density at radius 1 is 1.00 bits per heavy atom. The third kappa shape index (κ3) is 5.47. The van der Waals surface area contributed by atoms with Crippen molar-refractivity contribution in [2.45, 2.75) is 76.0 Å². The molecule has 0 heterocycles. The Morgan fingerprint density at radius 3 is 2.32 bits per heavy atom. The van der Waals surface area contributed by atoms with E-state index in [0.717, 1.165) is 49.8 Å². The summed E-state index contributed by atoms with van der Waals surface area (Å²) in [5.74, 6) is 1.49. The number of carboxylic acid groups (broad SMARTS) is 1. The fourth-order valence-electron chi connectivity index (χ4n) is 5.32. The van der Waals surface area contributed by atoms with Gasteiger partial charge in [0.2, 0.25) is 0 Å². The van der Waals surface area contributed by atoms with Gasteiger partial charge >= 0.3 is 5.97 Å². The number of carboxylic acids is 1. The molecule has 0 unspecified atom stereocenters. The summed E-state index contributed by atoms with van der Waals surface area (Å²) < 4.78 is 19.6. The van der Waals surface area contributed by atoms with E-state index >= 15 is 0 Å². The number of hydrogen-bond acceptors (Lipinski definition) is 2. The molecule has 3 nitrogen and oxygen atoms in total. The van der Waals surface area contributed by atoms with Crippen molar-refractivity contribution in [2.75, 3.05) is 7.11 Å². The maximum Gasteiger partial charge on any atom is 0.303 e. The summed E-state index contributed by atoms with van der Waals surface area (Å²) in [4.78, 5) is 11.0. The average molecular weight is 425 g/mol. The van der Waals surface area contributed by atoms with E-state index in [4.69, 9.17) is 9.84 Å². The first-order chi connectivity index (χ1) is 15.0. The Morgan fingerprint density at radius 2 is 1.68 bits per heavy atom. The molecule has 0 aromatic heterocycles. The minimum atomic E-state index is -0.726. The number of carbonyl (C=O) groups is 1. The average Bonchev–Trinajstić information content (AvgIpc) is 3.62. The van der Waals surface area contributed by atoms with Crippen molar-refractivity contribution in [1.82, 2.24) is 0 Å². The third-order valence-corrected chi connectivity index (χ3v) is 7.19. The van der Waals surface area contributed by atoms with E-state index in [1.807, 2.05) is 6.07 Å². The highest BCUT2D eigenvalue weighted by atomic mass is 19.1. The van der Waals surface area contributed by atoms with Crippen LogP contribution in [0.15, 0.2) is 36.4 Å². The molecule has 4 rings (SSSR count). The molecule has 0 saturated heterocycles. The highest BCUT2D eigenvalue weighted by molar-refractivity contribution is 5.67. The van der Waals surface area contributed by atoms with Gasteiger partial charge in [-0.1, -0.05) is 18.2 Å². The molecule has 31 heavy (non-hydrogen) atoms. The zero-order chi connectivity index (χ0) is 21.8. The predicted molar refractivity (Wildman–Crippen MR) is 120 cm³/mol. The topological polar surface area (TPSA) is 46.5 Å². The third-order valence-electron chi connectivity index (χ3n) is 7.19. The molecule has 2 aromatic rings. The molecular formula is C27H33FO3. The van der Waals surface area contributed by atoms with Crippen molar-refractivity contribution < 1.29 is 19.0 Å². The summed E-state index contributed by atoms with van der Waals surface area (Å²) in [6.07, 6.45) is 9.86. The fourth-order valence-corrected chi connectivity index (χ4v) is 5.32. The molecule has 1 N–H and O–H groups in total. The molecular weight excluding hydrogens is 391 g/mol. The first-order valence-corrected chi connectivity index (χ1v) is 11.7. The van der Waals surface area contributed by atoms with E-state index in [1.165, 1.54) is 35.6 Å². The van der Waals surface area contributed by atoms with Crippen LogP contribution in [-0.2, 0) is 17.6 Å². The van der Waals surface area contributed by atoms with Crippen LogP contribution < -0.4 is 4.74 Å². The van der Waals surface area contributed by atoms with Crippen molar-refractivity contribution in [1.29, 1.82) is 0 Å². The van der Waals surface area contributed by atoms with Crippen molar-refractivity contribution in [3.63, 3.8) is 0 Å². The Bertz CT molecular complexity index is 911. The maximum atomic E-state index is 14.3. The molecule has 0 amide bonds. The normalized spacial score (nSPS) is 21.1. The molecule has 0 aliphatic heterocycles. The van der Waals surface area contributed by atoms with Gasteiger partial charge in [0.15, 0.2) is 0 Å². The van der Waals surface area contributed by atoms with Gasteiger partial charge in [-0.2, -0.15) is 0 Å². The van der Waals surface area contributed by atoms with Crippen LogP contribution in [-0.4, -0.2) is 18.2 Å². The van der Waals surface area contributed by atoms with Gasteiger partial charge in [-0.05, 0) is 116 Å². The van der Waals surface area contributed by atoms with Crippen LogP contribution >= 0.6 is 0 Å². The Kier molecular flexibility index (Phi) is 6.94. The lowest BCUT2D eigenvalue weighted by atomic mass is 9.76. The van der Waals surface area contributed by atoms with Crippen LogP contribution in [0.4, 0.5) is 4.39 Å². The Balaban J connectivity index is 1.36. The van der Waals surface area contributed by atoms with Crippen molar-refractivity contribution in [3.05, 3.63) is 64.5 Å².